The Morgan fingerprint density at radius 3 is 1.31 bits per heavy atom. The fourth-order valence-corrected chi connectivity index (χ4v) is 4.32. The van der Waals surface area contributed by atoms with Crippen LogP contribution in [0, 0.1) is 19.8 Å². The number of unbranched alkanes of at least 4 members (excludes halogenated alkanes) is 16. The smallest absolute Gasteiger partial charge is 0.0351 e. The molecule has 0 aliphatic heterocycles. The molecule has 0 bridgehead atoms. The predicted octanol–water partition coefficient (Wildman–Crippen LogP) is 10.8. The molecule has 0 nitrogen and oxygen atoms in total. The van der Waals surface area contributed by atoms with Gasteiger partial charge in [0.25, 0.3) is 0 Å². The molecule has 0 saturated carbocycles. The molecule has 2 radical (unpaired) electrons. The largest absolute Gasteiger partial charge is 0.0885 e. The lowest BCUT2D eigenvalue weighted by Gasteiger charge is -2.16. The third kappa shape index (κ3) is 23.9. The molecule has 0 rings (SSSR count). The van der Waals surface area contributed by atoms with E-state index in [1.165, 1.54) is 135 Å². The van der Waals surface area contributed by atoms with Gasteiger partial charge in [-0.2, -0.15) is 0 Å². The molecule has 29 heavy (non-hydrogen) atoms. The first-order valence-corrected chi connectivity index (χ1v) is 13.6. The number of rotatable bonds is 24. The van der Waals surface area contributed by atoms with Crippen molar-refractivity contribution in [3.8, 4) is 0 Å². The highest BCUT2D eigenvalue weighted by Crippen LogP contribution is 2.23. The summed E-state index contributed by atoms with van der Waals surface area (Å²) in [6.07, 6.45) is 36.6. The van der Waals surface area contributed by atoms with E-state index in [1.807, 2.05) is 0 Å². The van der Waals surface area contributed by atoms with Gasteiger partial charge in [-0.15, -0.1) is 0 Å². The highest BCUT2D eigenvalue weighted by atomic mass is 14.1. The van der Waals surface area contributed by atoms with Crippen LogP contribution in [-0.2, 0) is 0 Å². The molecule has 0 N–H and O–H groups in total. The minimum atomic E-state index is 1.01. The van der Waals surface area contributed by atoms with E-state index in [9.17, 15) is 0 Å². The van der Waals surface area contributed by atoms with Gasteiger partial charge in [-0.3, -0.25) is 0 Å². The maximum atomic E-state index is 3.96. The molecule has 0 aliphatic carbocycles. The quantitative estimate of drug-likeness (QED) is 0.111. The summed E-state index contributed by atoms with van der Waals surface area (Å²) in [6, 6.07) is 0. The Morgan fingerprint density at radius 1 is 0.483 bits per heavy atom. The highest BCUT2D eigenvalue weighted by Gasteiger charge is 2.08. The second kappa shape index (κ2) is 25.8. The molecule has 0 spiro atoms. The van der Waals surface area contributed by atoms with Crippen molar-refractivity contribution in [2.45, 2.75) is 155 Å². The minimum Gasteiger partial charge on any atom is -0.0885 e. The van der Waals surface area contributed by atoms with E-state index < -0.39 is 0 Å². The molecule has 1 atom stereocenters. The van der Waals surface area contributed by atoms with Crippen LogP contribution in [0.15, 0.2) is 12.2 Å². The Labute approximate surface area is 186 Å². The van der Waals surface area contributed by atoms with Crippen LogP contribution in [0.4, 0.5) is 0 Å². The summed E-state index contributed by atoms with van der Waals surface area (Å²) in [4.78, 5) is 0. The summed E-state index contributed by atoms with van der Waals surface area (Å²) in [5.41, 5.74) is 0. The molecule has 0 saturated heterocycles. The van der Waals surface area contributed by atoms with Crippen LogP contribution in [0.2, 0.25) is 0 Å². The first-order valence-electron chi connectivity index (χ1n) is 13.6. The van der Waals surface area contributed by atoms with Gasteiger partial charge in [-0.1, -0.05) is 155 Å². The van der Waals surface area contributed by atoms with E-state index in [2.05, 4.69) is 32.9 Å². The topological polar surface area (TPSA) is 0 Å². The standard InChI is InChI=1S/C29H56/c1-4-7-10-12-13-14-15-16-17-18-19-20-21-23-25-28-29(26-9-6-3)27-24-22-11-8-5-2/h16-17,29H,1-2,4-15,18-28H2,3H3. The monoisotopic (exact) mass is 404 g/mol. The van der Waals surface area contributed by atoms with E-state index >= 15 is 0 Å². The first-order chi connectivity index (χ1) is 14.3. The lowest BCUT2D eigenvalue weighted by atomic mass is 9.90. The molecule has 0 aromatic rings. The van der Waals surface area contributed by atoms with Gasteiger partial charge in [0.05, 0.1) is 0 Å². The van der Waals surface area contributed by atoms with E-state index in [-0.39, 0.29) is 0 Å². The Kier molecular flexibility index (Phi) is 25.5. The Morgan fingerprint density at radius 2 is 0.862 bits per heavy atom. The molecule has 0 amide bonds. The van der Waals surface area contributed by atoms with Crippen molar-refractivity contribution < 1.29 is 0 Å². The van der Waals surface area contributed by atoms with Crippen LogP contribution in [-0.4, -0.2) is 0 Å². The molecule has 0 fully saturated rings. The molecule has 0 aromatic heterocycles. The van der Waals surface area contributed by atoms with Crippen molar-refractivity contribution in [2.24, 2.45) is 5.92 Å². The predicted molar refractivity (Wildman–Crippen MR) is 135 cm³/mol. The van der Waals surface area contributed by atoms with Crippen molar-refractivity contribution in [3.63, 3.8) is 0 Å². The molecule has 0 heteroatoms. The van der Waals surface area contributed by atoms with Gasteiger partial charge in [-0.05, 0) is 31.6 Å². The molecule has 0 aliphatic rings. The van der Waals surface area contributed by atoms with Gasteiger partial charge in [0.2, 0.25) is 0 Å². The Hall–Kier alpha value is -0.260. The van der Waals surface area contributed by atoms with E-state index in [0.29, 0.717) is 0 Å². The van der Waals surface area contributed by atoms with Gasteiger partial charge in [-0.25, -0.2) is 0 Å². The van der Waals surface area contributed by atoms with E-state index in [4.69, 9.17) is 0 Å². The lowest BCUT2D eigenvalue weighted by Crippen LogP contribution is -2.01. The van der Waals surface area contributed by atoms with E-state index in [1.54, 1.807) is 0 Å². The van der Waals surface area contributed by atoms with Crippen LogP contribution < -0.4 is 0 Å². The average molecular weight is 405 g/mol. The fraction of sp³-hybridized carbons (Fsp3) is 0.862. The first kappa shape index (κ1) is 28.7. The van der Waals surface area contributed by atoms with Crippen LogP contribution in [0.1, 0.15) is 155 Å². The summed E-state index contributed by atoms with van der Waals surface area (Å²) >= 11 is 0. The second-order valence-corrected chi connectivity index (χ2v) is 9.29. The Bertz CT molecular complexity index is 303. The van der Waals surface area contributed by atoms with Gasteiger partial charge in [0.15, 0.2) is 0 Å². The van der Waals surface area contributed by atoms with Crippen LogP contribution in [0.25, 0.3) is 0 Å². The summed E-state index contributed by atoms with van der Waals surface area (Å²) in [7, 11) is 0. The molecule has 172 valence electrons. The van der Waals surface area contributed by atoms with Crippen molar-refractivity contribution in [1.82, 2.24) is 0 Å². The van der Waals surface area contributed by atoms with Gasteiger partial charge in [0, 0.05) is 0 Å². The van der Waals surface area contributed by atoms with Crippen LogP contribution in [0.3, 0.4) is 0 Å². The van der Waals surface area contributed by atoms with Crippen molar-refractivity contribution in [1.29, 1.82) is 0 Å². The summed E-state index contributed by atoms with van der Waals surface area (Å²) in [5, 5.41) is 0. The maximum Gasteiger partial charge on any atom is -0.0351 e. The van der Waals surface area contributed by atoms with Crippen LogP contribution >= 0.6 is 0 Å². The van der Waals surface area contributed by atoms with Gasteiger partial charge in [0.1, 0.15) is 0 Å². The lowest BCUT2D eigenvalue weighted by molar-refractivity contribution is 0.371. The number of hydrogen-bond acceptors (Lipinski definition) is 0. The molecule has 0 aromatic carbocycles. The van der Waals surface area contributed by atoms with Crippen molar-refractivity contribution in [2.75, 3.05) is 0 Å². The normalized spacial score (nSPS) is 12.8. The third-order valence-corrected chi connectivity index (χ3v) is 6.35. The zero-order valence-electron chi connectivity index (χ0n) is 20.4. The number of allylic oxidation sites excluding steroid dienone is 2. The highest BCUT2D eigenvalue weighted by molar-refractivity contribution is 4.81. The molecular formula is C29H56. The maximum absolute atomic E-state index is 3.96. The summed E-state index contributed by atoms with van der Waals surface area (Å²) in [6.45, 7) is 10.2. The molecule has 0 heterocycles. The third-order valence-electron chi connectivity index (χ3n) is 6.35. The zero-order valence-corrected chi connectivity index (χ0v) is 20.4. The summed E-state index contributed by atoms with van der Waals surface area (Å²) < 4.78 is 0. The van der Waals surface area contributed by atoms with Gasteiger partial charge < -0.3 is 0 Å². The van der Waals surface area contributed by atoms with Crippen molar-refractivity contribution >= 4 is 0 Å². The number of hydrogen-bond donors (Lipinski definition) is 0. The van der Waals surface area contributed by atoms with Crippen molar-refractivity contribution in [3.05, 3.63) is 26.0 Å². The average Bonchev–Trinajstić information content (AvgIpc) is 2.73. The Balaban J connectivity index is 3.48. The molecule has 1 unspecified atom stereocenters. The zero-order chi connectivity index (χ0) is 21.3. The van der Waals surface area contributed by atoms with Gasteiger partial charge >= 0.3 is 0 Å². The van der Waals surface area contributed by atoms with E-state index in [0.717, 1.165) is 18.8 Å². The minimum absolute atomic E-state index is 1.01. The SMILES string of the molecule is [CH2]CCCCCCCC=CCCCCCCCC(CCCC)CCCCCC[CH2]. The fourth-order valence-electron chi connectivity index (χ4n) is 4.32. The van der Waals surface area contributed by atoms with Crippen LogP contribution in [0.5, 0.6) is 0 Å². The second-order valence-electron chi connectivity index (χ2n) is 9.29. The summed E-state index contributed by atoms with van der Waals surface area (Å²) in [5.74, 6) is 1.01. The molecular weight excluding hydrogens is 348 g/mol.